The summed E-state index contributed by atoms with van der Waals surface area (Å²) in [4.78, 5) is 0. The number of nitrogen functional groups attached to an aromatic ring is 1. The molecule has 0 bridgehead atoms. The molecule has 100 valence electrons. The summed E-state index contributed by atoms with van der Waals surface area (Å²) >= 11 is 0. The topological polar surface area (TPSA) is 69.6 Å². The monoisotopic (exact) mass is 257 g/mol. The maximum Gasteiger partial charge on any atom is 0.184 e. The first-order valence-electron chi connectivity index (χ1n) is 6.79. The SMILES string of the molecule is Cc1ccc(N)c(-c2nnnn2C2CCC(C)C2)c1. The smallest absolute Gasteiger partial charge is 0.184 e. The van der Waals surface area contributed by atoms with Gasteiger partial charge in [0.1, 0.15) is 0 Å². The molecule has 1 fully saturated rings. The maximum absolute atomic E-state index is 6.07. The molecular formula is C14H19N5. The van der Waals surface area contributed by atoms with Crippen molar-refractivity contribution in [1.29, 1.82) is 0 Å². The van der Waals surface area contributed by atoms with Gasteiger partial charge in [0.05, 0.1) is 6.04 Å². The molecule has 2 N–H and O–H groups in total. The predicted molar refractivity (Wildman–Crippen MR) is 74.5 cm³/mol. The van der Waals surface area contributed by atoms with E-state index in [4.69, 9.17) is 5.73 Å². The van der Waals surface area contributed by atoms with Gasteiger partial charge in [-0.1, -0.05) is 18.6 Å². The van der Waals surface area contributed by atoms with Gasteiger partial charge in [-0.05, 0) is 54.7 Å². The van der Waals surface area contributed by atoms with Crippen molar-refractivity contribution in [3.05, 3.63) is 23.8 Å². The number of hydrogen-bond acceptors (Lipinski definition) is 4. The van der Waals surface area contributed by atoms with E-state index in [0.717, 1.165) is 35.8 Å². The summed E-state index contributed by atoms with van der Waals surface area (Å²) in [7, 11) is 0. The number of nitrogens with zero attached hydrogens (tertiary/aromatic N) is 4. The first kappa shape index (κ1) is 12.1. The van der Waals surface area contributed by atoms with Crippen LogP contribution in [0.1, 0.15) is 37.8 Å². The quantitative estimate of drug-likeness (QED) is 0.839. The molecule has 2 aromatic rings. The number of rotatable bonds is 2. The fourth-order valence-corrected chi connectivity index (χ4v) is 2.88. The van der Waals surface area contributed by atoms with E-state index < -0.39 is 0 Å². The van der Waals surface area contributed by atoms with E-state index in [1.54, 1.807) is 0 Å². The fraction of sp³-hybridized carbons (Fsp3) is 0.500. The van der Waals surface area contributed by atoms with E-state index in [1.807, 2.05) is 16.8 Å². The Hall–Kier alpha value is -1.91. The third-order valence-corrected chi connectivity index (χ3v) is 3.96. The third kappa shape index (κ3) is 2.20. The molecular weight excluding hydrogens is 238 g/mol. The number of aromatic nitrogens is 4. The molecule has 5 nitrogen and oxygen atoms in total. The van der Waals surface area contributed by atoms with Crippen molar-refractivity contribution >= 4 is 5.69 Å². The predicted octanol–water partition coefficient (Wildman–Crippen LogP) is 2.59. The second-order valence-corrected chi connectivity index (χ2v) is 5.61. The van der Waals surface area contributed by atoms with Gasteiger partial charge in [-0.15, -0.1) is 5.10 Å². The van der Waals surface area contributed by atoms with Gasteiger partial charge in [0, 0.05) is 11.3 Å². The molecule has 2 atom stereocenters. The van der Waals surface area contributed by atoms with Crippen LogP contribution < -0.4 is 5.73 Å². The van der Waals surface area contributed by atoms with Gasteiger partial charge in [0.25, 0.3) is 0 Å². The van der Waals surface area contributed by atoms with Gasteiger partial charge in [-0.3, -0.25) is 0 Å². The van der Waals surface area contributed by atoms with Crippen molar-refractivity contribution < 1.29 is 0 Å². The molecule has 5 heteroatoms. The van der Waals surface area contributed by atoms with Gasteiger partial charge >= 0.3 is 0 Å². The summed E-state index contributed by atoms with van der Waals surface area (Å²) in [5, 5.41) is 12.2. The van der Waals surface area contributed by atoms with Crippen molar-refractivity contribution in [2.24, 2.45) is 5.92 Å². The Morgan fingerprint density at radius 1 is 1.32 bits per heavy atom. The highest BCUT2D eigenvalue weighted by Gasteiger charge is 2.26. The van der Waals surface area contributed by atoms with E-state index in [-0.39, 0.29) is 0 Å². The zero-order chi connectivity index (χ0) is 13.4. The van der Waals surface area contributed by atoms with Crippen LogP contribution in [0.2, 0.25) is 0 Å². The van der Waals surface area contributed by atoms with Crippen LogP contribution >= 0.6 is 0 Å². The Bertz CT molecular complexity index is 589. The van der Waals surface area contributed by atoms with E-state index in [0.29, 0.717) is 6.04 Å². The lowest BCUT2D eigenvalue weighted by Gasteiger charge is -2.13. The van der Waals surface area contributed by atoms with Gasteiger partial charge in [-0.25, -0.2) is 4.68 Å². The first-order chi connectivity index (χ1) is 9.15. The van der Waals surface area contributed by atoms with Crippen molar-refractivity contribution in [1.82, 2.24) is 20.2 Å². The molecule has 1 saturated carbocycles. The lowest BCUT2D eigenvalue weighted by atomic mass is 10.1. The number of hydrogen-bond donors (Lipinski definition) is 1. The molecule has 0 radical (unpaired) electrons. The van der Waals surface area contributed by atoms with Crippen molar-refractivity contribution in [3.63, 3.8) is 0 Å². The van der Waals surface area contributed by atoms with E-state index in [1.165, 1.54) is 12.0 Å². The Kier molecular flexibility index (Phi) is 2.97. The van der Waals surface area contributed by atoms with E-state index in [2.05, 4.69) is 35.4 Å². The summed E-state index contributed by atoms with van der Waals surface area (Å²) in [5.74, 6) is 1.54. The molecule has 1 aliphatic carbocycles. The Morgan fingerprint density at radius 3 is 2.89 bits per heavy atom. The number of aryl methyl sites for hydroxylation is 1. The Labute approximate surface area is 112 Å². The zero-order valence-electron chi connectivity index (χ0n) is 11.4. The molecule has 1 aliphatic rings. The van der Waals surface area contributed by atoms with Crippen LogP contribution in [0.25, 0.3) is 11.4 Å². The number of tetrazole rings is 1. The molecule has 19 heavy (non-hydrogen) atoms. The molecule has 2 unspecified atom stereocenters. The maximum atomic E-state index is 6.07. The van der Waals surface area contributed by atoms with E-state index in [9.17, 15) is 0 Å². The Balaban J connectivity index is 2.02. The van der Waals surface area contributed by atoms with Crippen molar-refractivity contribution in [2.45, 2.75) is 39.2 Å². The molecule has 0 aliphatic heterocycles. The second-order valence-electron chi connectivity index (χ2n) is 5.61. The number of nitrogens with two attached hydrogens (primary N) is 1. The minimum atomic E-state index is 0.403. The van der Waals surface area contributed by atoms with Gasteiger partial charge in [-0.2, -0.15) is 0 Å². The van der Waals surface area contributed by atoms with Crippen LogP contribution in [0, 0.1) is 12.8 Å². The van der Waals surface area contributed by atoms with Gasteiger partial charge in [0.15, 0.2) is 5.82 Å². The molecule has 1 heterocycles. The van der Waals surface area contributed by atoms with Gasteiger partial charge in [0.2, 0.25) is 0 Å². The van der Waals surface area contributed by atoms with Crippen LogP contribution in [-0.4, -0.2) is 20.2 Å². The van der Waals surface area contributed by atoms with Crippen LogP contribution in [-0.2, 0) is 0 Å². The van der Waals surface area contributed by atoms with Crippen molar-refractivity contribution in [3.8, 4) is 11.4 Å². The van der Waals surface area contributed by atoms with Crippen LogP contribution in [0.3, 0.4) is 0 Å². The van der Waals surface area contributed by atoms with Crippen LogP contribution in [0.15, 0.2) is 18.2 Å². The standard InChI is InChI=1S/C14H19N5/c1-9-3-5-11(7-9)19-14(16-17-18-19)12-8-10(2)4-6-13(12)15/h4,6,8-9,11H,3,5,7,15H2,1-2H3. The highest BCUT2D eigenvalue weighted by molar-refractivity contribution is 5.72. The minimum Gasteiger partial charge on any atom is -0.398 e. The Morgan fingerprint density at radius 2 is 2.16 bits per heavy atom. The average molecular weight is 257 g/mol. The molecule has 1 aromatic heterocycles. The lowest BCUT2D eigenvalue weighted by molar-refractivity contribution is 0.443. The van der Waals surface area contributed by atoms with Crippen LogP contribution in [0.4, 0.5) is 5.69 Å². The fourth-order valence-electron chi connectivity index (χ4n) is 2.88. The molecule has 0 saturated heterocycles. The summed E-state index contributed by atoms with van der Waals surface area (Å²) in [6.07, 6.45) is 3.53. The highest BCUT2D eigenvalue weighted by atomic mass is 15.5. The average Bonchev–Trinajstić information content (AvgIpc) is 3.00. The first-order valence-corrected chi connectivity index (χ1v) is 6.79. The van der Waals surface area contributed by atoms with Crippen LogP contribution in [0.5, 0.6) is 0 Å². The molecule has 0 spiro atoms. The molecule has 3 rings (SSSR count). The normalized spacial score (nSPS) is 22.8. The van der Waals surface area contributed by atoms with Crippen molar-refractivity contribution in [2.75, 3.05) is 5.73 Å². The lowest BCUT2D eigenvalue weighted by Crippen LogP contribution is -2.10. The third-order valence-electron chi connectivity index (χ3n) is 3.96. The highest BCUT2D eigenvalue weighted by Crippen LogP contribution is 2.36. The number of benzene rings is 1. The summed E-state index contributed by atoms with van der Waals surface area (Å²) in [5.41, 5.74) is 8.90. The second kappa shape index (κ2) is 4.64. The van der Waals surface area contributed by atoms with Gasteiger partial charge < -0.3 is 5.73 Å². The summed E-state index contributed by atoms with van der Waals surface area (Å²) in [6, 6.07) is 6.38. The largest absolute Gasteiger partial charge is 0.398 e. The molecule has 0 amide bonds. The summed E-state index contributed by atoms with van der Waals surface area (Å²) < 4.78 is 1.95. The zero-order valence-corrected chi connectivity index (χ0v) is 11.4. The summed E-state index contributed by atoms with van der Waals surface area (Å²) in [6.45, 7) is 4.33. The van der Waals surface area contributed by atoms with E-state index >= 15 is 0 Å². The minimum absolute atomic E-state index is 0.403. The number of anilines is 1. The molecule has 1 aromatic carbocycles.